The van der Waals surface area contributed by atoms with Crippen molar-refractivity contribution in [3.05, 3.63) is 69.2 Å². The van der Waals surface area contributed by atoms with Gasteiger partial charge in [-0.05, 0) is 54.4 Å². The summed E-state index contributed by atoms with van der Waals surface area (Å²) in [7, 11) is 1.25. The summed E-state index contributed by atoms with van der Waals surface area (Å²) in [6, 6.07) is 7.27. The molecule has 3 N–H and O–H groups in total. The molecule has 1 aliphatic carbocycles. The Morgan fingerprint density at radius 1 is 1.24 bits per heavy atom. The van der Waals surface area contributed by atoms with Crippen molar-refractivity contribution in [2.45, 2.75) is 56.7 Å². The van der Waals surface area contributed by atoms with Crippen molar-refractivity contribution in [1.82, 2.24) is 5.32 Å². The first-order valence-corrected chi connectivity index (χ1v) is 11.8. The quantitative estimate of drug-likeness (QED) is 0.514. The lowest BCUT2D eigenvalue weighted by Gasteiger charge is -2.38. The number of rotatable bonds is 6. The number of ether oxygens (including phenoxy) is 1. The highest BCUT2D eigenvalue weighted by Crippen LogP contribution is 2.54. The average Bonchev–Trinajstić information content (AvgIpc) is 3.57. The number of nitrogens with two attached hydrogens (primary N) is 1. The fourth-order valence-corrected chi connectivity index (χ4v) is 5.84. The third kappa shape index (κ3) is 4.27. The second-order valence-electron chi connectivity index (χ2n) is 9.87. The lowest BCUT2D eigenvalue weighted by atomic mass is 9.68. The zero-order valence-electron chi connectivity index (χ0n) is 18.8. The third-order valence-electron chi connectivity index (χ3n) is 7.36. The Labute approximate surface area is 202 Å². The maximum Gasteiger partial charge on any atom is 0.325 e. The van der Waals surface area contributed by atoms with Gasteiger partial charge in [0.25, 0.3) is 0 Å². The predicted molar refractivity (Wildman–Crippen MR) is 125 cm³/mol. The van der Waals surface area contributed by atoms with E-state index in [1.807, 2.05) is 0 Å². The number of carbonyl (C=O) groups excluding carboxylic acids is 1. The van der Waals surface area contributed by atoms with E-state index >= 15 is 8.78 Å². The van der Waals surface area contributed by atoms with Crippen LogP contribution >= 0.6 is 23.2 Å². The van der Waals surface area contributed by atoms with Gasteiger partial charge >= 0.3 is 5.97 Å². The van der Waals surface area contributed by atoms with E-state index in [4.69, 9.17) is 33.7 Å². The van der Waals surface area contributed by atoms with E-state index < -0.39 is 41.1 Å². The molecule has 0 radical (unpaired) electrons. The lowest BCUT2D eigenvalue weighted by molar-refractivity contribution is -0.144. The van der Waals surface area contributed by atoms with Crippen LogP contribution in [0.15, 0.2) is 36.4 Å². The van der Waals surface area contributed by atoms with Crippen molar-refractivity contribution in [2.24, 2.45) is 17.1 Å². The number of halogens is 4. The van der Waals surface area contributed by atoms with Gasteiger partial charge in [-0.15, -0.1) is 0 Å². The highest BCUT2D eigenvalue weighted by Gasteiger charge is 2.60. The summed E-state index contributed by atoms with van der Waals surface area (Å²) >= 11 is 12.1. The SMILES string of the molecule is COC(=O)C1NC(CC(C)(C)C2CC2)C(c2ccc(Cl)cc2F)C1(N)c1cccc(Cl)c1F. The van der Waals surface area contributed by atoms with Crippen molar-refractivity contribution < 1.29 is 18.3 Å². The van der Waals surface area contributed by atoms with Crippen molar-refractivity contribution in [2.75, 3.05) is 7.11 Å². The Morgan fingerprint density at radius 2 is 1.94 bits per heavy atom. The van der Waals surface area contributed by atoms with Crippen LogP contribution in [0.4, 0.5) is 8.78 Å². The molecule has 0 aromatic heterocycles. The molecule has 4 atom stereocenters. The minimum absolute atomic E-state index is 0.0315. The van der Waals surface area contributed by atoms with Gasteiger partial charge in [-0.25, -0.2) is 8.78 Å². The molecule has 1 heterocycles. The van der Waals surface area contributed by atoms with Gasteiger partial charge in [0.2, 0.25) is 0 Å². The van der Waals surface area contributed by atoms with E-state index in [9.17, 15) is 4.79 Å². The molecule has 2 fully saturated rings. The van der Waals surface area contributed by atoms with Crippen LogP contribution in [-0.4, -0.2) is 25.2 Å². The van der Waals surface area contributed by atoms with Gasteiger partial charge in [0.1, 0.15) is 17.7 Å². The summed E-state index contributed by atoms with van der Waals surface area (Å²) in [6.07, 6.45) is 2.85. The van der Waals surface area contributed by atoms with E-state index in [0.717, 1.165) is 12.8 Å². The van der Waals surface area contributed by atoms with E-state index in [1.165, 1.54) is 25.3 Å². The van der Waals surface area contributed by atoms with Crippen LogP contribution in [0.5, 0.6) is 0 Å². The van der Waals surface area contributed by atoms with Gasteiger partial charge in [0, 0.05) is 22.5 Å². The smallest absolute Gasteiger partial charge is 0.325 e. The average molecular weight is 497 g/mol. The Hall–Kier alpha value is -1.73. The monoisotopic (exact) mass is 496 g/mol. The Kier molecular flexibility index (Phi) is 6.51. The molecule has 178 valence electrons. The van der Waals surface area contributed by atoms with Gasteiger partial charge < -0.3 is 10.5 Å². The normalized spacial score (nSPS) is 27.6. The number of hydrogen-bond donors (Lipinski definition) is 2. The first-order valence-electron chi connectivity index (χ1n) is 11.0. The van der Waals surface area contributed by atoms with Crippen LogP contribution in [0, 0.1) is 23.0 Å². The maximum atomic E-state index is 15.4. The topological polar surface area (TPSA) is 64.3 Å². The molecule has 1 aliphatic heterocycles. The van der Waals surface area contributed by atoms with Crippen molar-refractivity contribution in [3.63, 3.8) is 0 Å². The van der Waals surface area contributed by atoms with Crippen LogP contribution in [-0.2, 0) is 15.1 Å². The third-order valence-corrected chi connectivity index (χ3v) is 7.88. The first kappa shape index (κ1) is 24.4. The second-order valence-corrected chi connectivity index (χ2v) is 10.7. The zero-order valence-corrected chi connectivity index (χ0v) is 20.3. The molecule has 1 saturated heterocycles. The molecule has 4 nitrogen and oxygen atoms in total. The summed E-state index contributed by atoms with van der Waals surface area (Å²) in [5.41, 5.74) is 5.53. The fourth-order valence-electron chi connectivity index (χ4n) is 5.51. The standard InChI is InChI=1S/C25H28Cl2F2N2O2/c1-24(2,13-7-8-13)12-19-20(15-10-9-14(26)11-18(15)28)25(30,22(31-19)23(32)33-3)16-5-4-6-17(27)21(16)29/h4-6,9-11,13,19-20,22,31H,7-8,12,30H2,1-3H3. The number of carbonyl (C=O) groups is 1. The Balaban J connectivity index is 1.93. The highest BCUT2D eigenvalue weighted by atomic mass is 35.5. The predicted octanol–water partition coefficient (Wildman–Crippen LogP) is 5.55. The largest absolute Gasteiger partial charge is 0.468 e. The van der Waals surface area contributed by atoms with Gasteiger partial charge in [-0.2, -0.15) is 0 Å². The number of nitrogens with one attached hydrogen (secondary N) is 1. The number of methoxy groups -OCH3 is 1. The van der Waals surface area contributed by atoms with Gasteiger partial charge in [0.15, 0.2) is 0 Å². The van der Waals surface area contributed by atoms with Crippen LogP contribution < -0.4 is 11.1 Å². The summed E-state index contributed by atoms with van der Waals surface area (Å²) in [5.74, 6) is -2.21. The van der Waals surface area contributed by atoms with Gasteiger partial charge in [-0.3, -0.25) is 10.1 Å². The number of esters is 1. The van der Waals surface area contributed by atoms with E-state index in [0.29, 0.717) is 12.3 Å². The minimum atomic E-state index is -1.67. The maximum absolute atomic E-state index is 15.4. The molecule has 0 spiro atoms. The summed E-state index contributed by atoms with van der Waals surface area (Å²) < 4.78 is 35.8. The number of hydrogen-bond acceptors (Lipinski definition) is 4. The van der Waals surface area contributed by atoms with Crippen molar-refractivity contribution >= 4 is 29.2 Å². The molecule has 2 aromatic carbocycles. The molecule has 4 unspecified atom stereocenters. The molecule has 0 bridgehead atoms. The molecule has 8 heteroatoms. The molecule has 33 heavy (non-hydrogen) atoms. The van der Waals surface area contributed by atoms with E-state index in [2.05, 4.69) is 19.2 Å². The zero-order chi connectivity index (χ0) is 24.1. The Bertz CT molecular complexity index is 1080. The van der Waals surface area contributed by atoms with Gasteiger partial charge in [-0.1, -0.05) is 55.2 Å². The second kappa shape index (κ2) is 8.81. The fraction of sp³-hybridized carbons (Fsp3) is 0.480. The molecular formula is C25H28Cl2F2N2O2. The molecular weight excluding hydrogens is 469 g/mol. The highest BCUT2D eigenvalue weighted by molar-refractivity contribution is 6.31. The molecule has 1 saturated carbocycles. The minimum Gasteiger partial charge on any atom is -0.468 e. The summed E-state index contributed by atoms with van der Waals surface area (Å²) in [6.45, 7) is 4.32. The van der Waals surface area contributed by atoms with Gasteiger partial charge in [0.05, 0.1) is 17.7 Å². The first-order chi connectivity index (χ1) is 15.5. The lowest BCUT2D eigenvalue weighted by Crippen LogP contribution is -2.55. The van der Waals surface area contributed by atoms with Crippen LogP contribution in [0.25, 0.3) is 0 Å². The van der Waals surface area contributed by atoms with Crippen LogP contribution in [0.1, 0.15) is 50.2 Å². The molecule has 4 rings (SSSR count). The molecule has 2 aliphatic rings. The number of benzene rings is 2. The van der Waals surface area contributed by atoms with Crippen LogP contribution in [0.3, 0.4) is 0 Å². The van der Waals surface area contributed by atoms with Crippen molar-refractivity contribution in [1.29, 1.82) is 0 Å². The summed E-state index contributed by atoms with van der Waals surface area (Å²) in [5, 5.41) is 3.41. The van der Waals surface area contributed by atoms with E-state index in [-0.39, 0.29) is 26.6 Å². The van der Waals surface area contributed by atoms with E-state index in [1.54, 1.807) is 18.2 Å². The molecule has 0 amide bonds. The molecule has 2 aromatic rings. The van der Waals surface area contributed by atoms with Crippen LogP contribution in [0.2, 0.25) is 10.0 Å². The van der Waals surface area contributed by atoms with Crippen molar-refractivity contribution in [3.8, 4) is 0 Å². The Morgan fingerprint density at radius 3 is 2.55 bits per heavy atom. The summed E-state index contributed by atoms with van der Waals surface area (Å²) in [4.78, 5) is 12.9.